The van der Waals surface area contributed by atoms with E-state index in [0.29, 0.717) is 0 Å². The Labute approximate surface area is 35.4 Å². The summed E-state index contributed by atoms with van der Waals surface area (Å²) in [5.74, 6) is 5.16. The summed E-state index contributed by atoms with van der Waals surface area (Å²) in [4.78, 5) is 2.77. The summed E-state index contributed by atoms with van der Waals surface area (Å²) in [5.41, 5.74) is 0. The number of hydrogen-bond acceptors (Lipinski definition) is 1. The van der Waals surface area contributed by atoms with Crippen LogP contribution in [0, 0.1) is 0 Å². The lowest BCUT2D eigenvalue weighted by Gasteiger charge is -1.68. The van der Waals surface area contributed by atoms with Crippen LogP contribution in [-0.2, 0) is 0 Å². The van der Waals surface area contributed by atoms with E-state index in [0.717, 1.165) is 0 Å². The lowest BCUT2D eigenvalue weighted by Crippen LogP contribution is -2.41. The van der Waals surface area contributed by atoms with Gasteiger partial charge in [-0.05, 0) is 0 Å². The summed E-state index contributed by atoms with van der Waals surface area (Å²) >= 11 is 0. The highest BCUT2D eigenvalue weighted by molar-refractivity contribution is 4.54. The Bertz CT molecular complexity index is 110. The summed E-state index contributed by atoms with van der Waals surface area (Å²) in [6.45, 7) is 0. The molecule has 3 nitrogen and oxygen atoms in total. The summed E-state index contributed by atoms with van der Waals surface area (Å²) in [5, 5.41) is 0. The maximum atomic E-state index is 5.16. The molecule has 0 atom stereocenters. The van der Waals surface area contributed by atoms with Crippen LogP contribution in [0.5, 0.6) is 0 Å². The number of imidazole rings is 1. The fourth-order valence-electron chi connectivity index (χ4n) is 0.301. The molecule has 0 saturated heterocycles. The zero-order valence-electron chi connectivity index (χ0n) is 3.26. The standard InChI is InChI=1S/C3H5N3/c4-6-2-1-5-3-6/h1-3H,4H2/p+1. The molecule has 1 rings (SSSR count). The molecule has 0 fully saturated rings. The molecule has 0 unspecified atom stereocenters. The molecule has 3 N–H and O–H groups in total. The largest absolute Gasteiger partial charge is 0.269 e. The summed E-state index contributed by atoms with van der Waals surface area (Å²) < 4.78 is 1.44. The Hall–Kier alpha value is -0.990. The van der Waals surface area contributed by atoms with E-state index in [1.54, 1.807) is 18.7 Å². The molecule has 3 heteroatoms. The third-order valence-corrected chi connectivity index (χ3v) is 0.567. The fraction of sp³-hybridized carbons (Fsp3) is 0. The lowest BCUT2D eigenvalue weighted by molar-refractivity contribution is -0.637. The van der Waals surface area contributed by atoms with Crippen molar-refractivity contribution in [1.29, 1.82) is 0 Å². The van der Waals surface area contributed by atoms with Gasteiger partial charge in [-0.2, -0.15) is 0 Å². The Morgan fingerprint density at radius 3 is 2.67 bits per heavy atom. The first-order valence-corrected chi connectivity index (χ1v) is 1.69. The van der Waals surface area contributed by atoms with E-state index >= 15 is 0 Å². The van der Waals surface area contributed by atoms with Crippen LogP contribution in [0.2, 0.25) is 0 Å². The average Bonchev–Trinajstić information content (AvgIpc) is 1.86. The Morgan fingerprint density at radius 2 is 2.50 bits per heavy atom. The van der Waals surface area contributed by atoms with E-state index in [-0.39, 0.29) is 0 Å². The maximum Gasteiger partial charge on any atom is 0.264 e. The number of H-pyrrole nitrogens is 1. The number of hydrogen-bond donors (Lipinski definition) is 2. The third-order valence-electron chi connectivity index (χ3n) is 0.567. The zero-order chi connectivity index (χ0) is 4.41. The number of nitrogens with two attached hydrogens (primary N) is 1. The van der Waals surface area contributed by atoms with Crippen molar-refractivity contribution >= 4 is 0 Å². The Morgan fingerprint density at radius 1 is 1.67 bits per heavy atom. The predicted molar refractivity (Wildman–Crippen MR) is 21.1 cm³/mol. The lowest BCUT2D eigenvalue weighted by atomic mass is 11.0. The van der Waals surface area contributed by atoms with Crippen LogP contribution in [0.3, 0.4) is 0 Å². The van der Waals surface area contributed by atoms with Crippen LogP contribution in [-0.4, -0.2) is 4.98 Å². The van der Waals surface area contributed by atoms with Crippen molar-refractivity contribution in [3.8, 4) is 0 Å². The smallest absolute Gasteiger partial charge is 0.264 e. The molecule has 0 aliphatic rings. The van der Waals surface area contributed by atoms with Gasteiger partial charge in [-0.1, -0.05) is 0 Å². The van der Waals surface area contributed by atoms with Crippen molar-refractivity contribution < 1.29 is 4.68 Å². The SMILES string of the molecule is N[n+]1cc[nH]c1. The molecule has 6 heavy (non-hydrogen) atoms. The Kier molecular flexibility index (Phi) is 0.538. The van der Waals surface area contributed by atoms with Gasteiger partial charge >= 0.3 is 0 Å². The van der Waals surface area contributed by atoms with Gasteiger partial charge in [0.25, 0.3) is 6.33 Å². The van der Waals surface area contributed by atoms with E-state index in [9.17, 15) is 0 Å². The van der Waals surface area contributed by atoms with Crippen LogP contribution in [0.25, 0.3) is 0 Å². The second-order valence-corrected chi connectivity index (χ2v) is 1.06. The van der Waals surface area contributed by atoms with Gasteiger partial charge in [0.1, 0.15) is 6.20 Å². The highest BCUT2D eigenvalue weighted by Crippen LogP contribution is 1.57. The van der Waals surface area contributed by atoms with Crippen LogP contribution >= 0.6 is 0 Å². The molecular weight excluding hydrogens is 78.1 g/mol. The van der Waals surface area contributed by atoms with Crippen molar-refractivity contribution in [1.82, 2.24) is 4.98 Å². The van der Waals surface area contributed by atoms with Crippen molar-refractivity contribution in [2.24, 2.45) is 0 Å². The topological polar surface area (TPSA) is 45.7 Å². The molecule has 1 aromatic heterocycles. The van der Waals surface area contributed by atoms with Crippen molar-refractivity contribution in [3.63, 3.8) is 0 Å². The molecule has 0 amide bonds. The van der Waals surface area contributed by atoms with Gasteiger partial charge in [0.05, 0.1) is 0 Å². The van der Waals surface area contributed by atoms with Gasteiger partial charge in [0.15, 0.2) is 6.20 Å². The Balaban J connectivity index is 3.05. The first-order valence-electron chi connectivity index (χ1n) is 1.69. The van der Waals surface area contributed by atoms with Gasteiger partial charge in [-0.15, -0.1) is 4.68 Å². The van der Waals surface area contributed by atoms with Gasteiger partial charge in [-0.3, -0.25) is 5.84 Å². The second-order valence-electron chi connectivity index (χ2n) is 1.06. The number of nitrogens with one attached hydrogen (secondary N) is 1. The van der Waals surface area contributed by atoms with Gasteiger partial charge < -0.3 is 0 Å². The normalized spacial score (nSPS) is 8.67. The van der Waals surface area contributed by atoms with Crippen molar-refractivity contribution in [2.75, 3.05) is 5.84 Å². The molecular formula is C3H6N3+. The average molecular weight is 84.1 g/mol. The van der Waals surface area contributed by atoms with Crippen LogP contribution in [0.4, 0.5) is 0 Å². The monoisotopic (exact) mass is 84.1 g/mol. The van der Waals surface area contributed by atoms with Gasteiger partial charge in [-0.25, -0.2) is 4.98 Å². The quantitative estimate of drug-likeness (QED) is 0.308. The third kappa shape index (κ3) is 0.337. The van der Waals surface area contributed by atoms with Crippen molar-refractivity contribution in [2.45, 2.75) is 0 Å². The zero-order valence-corrected chi connectivity index (χ0v) is 3.26. The number of nitrogen functional groups attached to an aromatic ring is 1. The number of aromatic amines is 1. The first-order chi connectivity index (χ1) is 2.89. The van der Waals surface area contributed by atoms with E-state index in [4.69, 9.17) is 5.84 Å². The number of rotatable bonds is 0. The van der Waals surface area contributed by atoms with Crippen LogP contribution in [0.1, 0.15) is 0 Å². The maximum absolute atomic E-state index is 5.16. The molecule has 0 aliphatic carbocycles. The number of nitrogens with zero attached hydrogens (tertiary/aromatic N) is 1. The first kappa shape index (κ1) is 3.21. The predicted octanol–water partition coefficient (Wildman–Crippen LogP) is -0.984. The fourth-order valence-corrected chi connectivity index (χ4v) is 0.301. The van der Waals surface area contributed by atoms with Gasteiger partial charge in [0, 0.05) is 0 Å². The van der Waals surface area contributed by atoms with E-state index in [2.05, 4.69) is 4.98 Å². The van der Waals surface area contributed by atoms with Crippen molar-refractivity contribution in [3.05, 3.63) is 18.7 Å². The molecule has 0 saturated carbocycles. The molecule has 0 bridgehead atoms. The van der Waals surface area contributed by atoms with Gasteiger partial charge in [0.2, 0.25) is 0 Å². The molecule has 1 heterocycles. The summed E-state index contributed by atoms with van der Waals surface area (Å²) in [6.07, 6.45) is 5.12. The van der Waals surface area contributed by atoms with Crippen LogP contribution in [0.15, 0.2) is 18.7 Å². The van der Waals surface area contributed by atoms with E-state index in [1.807, 2.05) is 0 Å². The second kappa shape index (κ2) is 1.01. The highest BCUT2D eigenvalue weighted by Gasteiger charge is 1.79. The number of aromatic nitrogens is 2. The minimum absolute atomic E-state index is 1.44. The molecule has 0 aliphatic heterocycles. The molecule has 1 aromatic rings. The molecule has 0 aromatic carbocycles. The molecule has 32 valence electrons. The summed E-state index contributed by atoms with van der Waals surface area (Å²) in [7, 11) is 0. The summed E-state index contributed by atoms with van der Waals surface area (Å²) in [6, 6.07) is 0. The van der Waals surface area contributed by atoms with E-state index in [1.165, 1.54) is 4.68 Å². The molecule has 0 radical (unpaired) electrons. The highest BCUT2D eigenvalue weighted by atomic mass is 15.3. The minimum Gasteiger partial charge on any atom is -0.269 e. The minimum atomic E-state index is 1.44. The van der Waals surface area contributed by atoms with E-state index < -0.39 is 0 Å². The molecule has 0 spiro atoms. The van der Waals surface area contributed by atoms with Crippen LogP contribution < -0.4 is 10.5 Å².